The molecule has 2 aromatic carbocycles. The van der Waals surface area contributed by atoms with Crippen LogP contribution in [0.4, 0.5) is 11.4 Å². The highest BCUT2D eigenvalue weighted by molar-refractivity contribution is 5.95. The van der Waals surface area contributed by atoms with Crippen LogP contribution in [0.3, 0.4) is 0 Å². The lowest BCUT2D eigenvalue weighted by molar-refractivity contribution is 0.0892. The molecule has 7 nitrogen and oxygen atoms in total. The molecule has 1 aromatic heterocycles. The van der Waals surface area contributed by atoms with E-state index in [4.69, 9.17) is 4.74 Å². The Morgan fingerprint density at radius 3 is 2.65 bits per heavy atom. The first-order valence-corrected chi connectivity index (χ1v) is 13.5. The van der Waals surface area contributed by atoms with Crippen molar-refractivity contribution in [3.8, 4) is 11.8 Å². The number of benzene rings is 2. The molecule has 6 rings (SSSR count). The molecule has 4 heterocycles. The summed E-state index contributed by atoms with van der Waals surface area (Å²) in [5, 5.41) is 10.6. The van der Waals surface area contributed by atoms with E-state index in [-0.39, 0.29) is 6.04 Å². The molecule has 3 aliphatic heterocycles. The molecule has 0 unspecified atom stereocenters. The van der Waals surface area contributed by atoms with E-state index in [1.807, 2.05) is 12.1 Å². The van der Waals surface area contributed by atoms with Gasteiger partial charge in [-0.05, 0) is 51.1 Å². The first-order chi connectivity index (χ1) is 18.0. The van der Waals surface area contributed by atoms with Crippen LogP contribution in [0.15, 0.2) is 48.7 Å². The van der Waals surface area contributed by atoms with E-state index in [1.54, 1.807) is 6.20 Å². The van der Waals surface area contributed by atoms with Crippen molar-refractivity contribution in [2.75, 3.05) is 55.7 Å². The van der Waals surface area contributed by atoms with Gasteiger partial charge in [0.05, 0.1) is 17.1 Å². The van der Waals surface area contributed by atoms with Gasteiger partial charge in [0.25, 0.3) is 0 Å². The summed E-state index contributed by atoms with van der Waals surface area (Å²) in [6, 6.07) is 18.4. The maximum absolute atomic E-state index is 9.55. The summed E-state index contributed by atoms with van der Waals surface area (Å²) in [5.41, 5.74) is 5.11. The zero-order chi connectivity index (χ0) is 25.5. The molecular weight excluding hydrogens is 460 g/mol. The van der Waals surface area contributed by atoms with Crippen molar-refractivity contribution in [3.63, 3.8) is 0 Å². The molecule has 192 valence electrons. The van der Waals surface area contributed by atoms with Crippen molar-refractivity contribution < 1.29 is 4.74 Å². The van der Waals surface area contributed by atoms with Crippen LogP contribution < -0.4 is 14.5 Å². The second-order valence-electron chi connectivity index (χ2n) is 10.9. The van der Waals surface area contributed by atoms with Crippen LogP contribution in [0.5, 0.6) is 5.75 Å². The third-order valence-electron chi connectivity index (χ3n) is 8.40. The molecule has 7 heteroatoms. The topological polar surface area (TPSA) is 58.9 Å². The van der Waals surface area contributed by atoms with E-state index in [1.165, 1.54) is 11.3 Å². The van der Waals surface area contributed by atoms with Crippen molar-refractivity contribution >= 4 is 22.3 Å². The lowest BCUT2D eigenvalue weighted by atomic mass is 10.0. The Morgan fingerprint density at radius 2 is 1.86 bits per heavy atom. The molecule has 2 saturated heterocycles. The Morgan fingerprint density at radius 1 is 1.03 bits per heavy atom. The van der Waals surface area contributed by atoms with Crippen LogP contribution in [-0.2, 0) is 6.54 Å². The van der Waals surface area contributed by atoms with Gasteiger partial charge in [0.15, 0.2) is 0 Å². The summed E-state index contributed by atoms with van der Waals surface area (Å²) in [6.07, 6.45) is 1.77. The lowest BCUT2D eigenvalue weighted by Gasteiger charge is -2.45. The van der Waals surface area contributed by atoms with E-state index in [2.05, 4.69) is 81.8 Å². The number of pyridine rings is 1. The number of fused-ring (bicyclic) bond motifs is 3. The third-order valence-corrected chi connectivity index (χ3v) is 8.40. The summed E-state index contributed by atoms with van der Waals surface area (Å²) in [7, 11) is 0. The van der Waals surface area contributed by atoms with Crippen molar-refractivity contribution in [2.45, 2.75) is 45.4 Å². The number of hydrogen-bond donors (Lipinski definition) is 0. The predicted molar refractivity (Wildman–Crippen MR) is 148 cm³/mol. The van der Waals surface area contributed by atoms with Crippen molar-refractivity contribution in [1.29, 1.82) is 5.26 Å². The maximum atomic E-state index is 9.55. The Bertz CT molecular complexity index is 1330. The number of ether oxygens (including phenoxy) is 1. The van der Waals surface area contributed by atoms with Gasteiger partial charge < -0.3 is 14.5 Å². The van der Waals surface area contributed by atoms with Gasteiger partial charge in [-0.3, -0.25) is 14.8 Å². The number of anilines is 2. The van der Waals surface area contributed by atoms with Crippen LogP contribution in [-0.4, -0.2) is 78.8 Å². The summed E-state index contributed by atoms with van der Waals surface area (Å²) < 4.78 is 6.50. The number of nitrogens with zero attached hydrogens (tertiary/aromatic N) is 6. The Hall–Kier alpha value is -3.34. The maximum Gasteiger partial charge on any atom is 0.125 e. The quantitative estimate of drug-likeness (QED) is 0.541. The molecule has 0 aliphatic carbocycles. The van der Waals surface area contributed by atoms with Gasteiger partial charge in [-0.25, -0.2) is 0 Å². The minimum Gasteiger partial charge on any atom is -0.491 e. The first-order valence-electron chi connectivity index (χ1n) is 13.5. The molecule has 0 saturated carbocycles. The van der Waals surface area contributed by atoms with E-state index < -0.39 is 0 Å². The smallest absolute Gasteiger partial charge is 0.125 e. The monoisotopic (exact) mass is 496 g/mol. The predicted octanol–water partition coefficient (Wildman–Crippen LogP) is 4.11. The molecule has 0 amide bonds. The highest BCUT2D eigenvalue weighted by Gasteiger charge is 2.36. The van der Waals surface area contributed by atoms with Crippen LogP contribution in [0, 0.1) is 11.3 Å². The van der Waals surface area contributed by atoms with Gasteiger partial charge in [0, 0.05) is 92.5 Å². The average molecular weight is 497 g/mol. The van der Waals surface area contributed by atoms with Gasteiger partial charge in [-0.2, -0.15) is 5.26 Å². The van der Waals surface area contributed by atoms with Gasteiger partial charge in [-0.1, -0.05) is 6.07 Å². The number of aromatic nitrogens is 1. The van der Waals surface area contributed by atoms with Crippen LogP contribution in [0.2, 0.25) is 0 Å². The standard InChI is InChI=1S/C30H36N6O/c1-21(2)33-11-13-34(14-12-33)25-8-6-24-18-36-22(3)17-35(19-26(36)20-37-29(24)15-25)28-9-7-23(16-31)30-27(28)5-4-10-32-30/h4-10,15,21-22,26H,11-14,17-20H2,1-3H3/t22-,26-/m0/s1. The summed E-state index contributed by atoms with van der Waals surface area (Å²) in [6.45, 7) is 14.6. The third kappa shape index (κ3) is 4.49. The first kappa shape index (κ1) is 24.0. The van der Waals surface area contributed by atoms with E-state index in [9.17, 15) is 5.26 Å². The van der Waals surface area contributed by atoms with Crippen LogP contribution in [0.25, 0.3) is 10.9 Å². The minimum absolute atomic E-state index is 0.288. The molecule has 2 fully saturated rings. The van der Waals surface area contributed by atoms with Gasteiger partial charge in [0.2, 0.25) is 0 Å². The van der Waals surface area contributed by atoms with Crippen molar-refractivity contribution in [1.82, 2.24) is 14.8 Å². The van der Waals surface area contributed by atoms with Crippen LogP contribution in [0.1, 0.15) is 31.9 Å². The van der Waals surface area contributed by atoms with Crippen molar-refractivity contribution in [3.05, 3.63) is 59.8 Å². The number of hydrogen-bond acceptors (Lipinski definition) is 7. The molecule has 0 bridgehead atoms. The van der Waals surface area contributed by atoms with Gasteiger partial charge >= 0.3 is 0 Å². The zero-order valence-electron chi connectivity index (χ0n) is 22.1. The molecule has 0 radical (unpaired) electrons. The summed E-state index contributed by atoms with van der Waals surface area (Å²) >= 11 is 0. The Labute approximate surface area is 219 Å². The number of nitriles is 1. The molecule has 2 atom stereocenters. The fraction of sp³-hybridized carbons (Fsp3) is 0.467. The molecular formula is C30H36N6O. The normalized spacial score (nSPS) is 22.8. The van der Waals surface area contributed by atoms with E-state index in [0.29, 0.717) is 24.3 Å². The van der Waals surface area contributed by atoms with Crippen molar-refractivity contribution in [2.24, 2.45) is 0 Å². The second kappa shape index (κ2) is 9.85. The highest BCUT2D eigenvalue weighted by Crippen LogP contribution is 2.35. The summed E-state index contributed by atoms with van der Waals surface area (Å²) in [5.74, 6) is 1.03. The fourth-order valence-corrected chi connectivity index (χ4v) is 6.26. The SMILES string of the molecule is CC(C)N1CCN(c2ccc3c(c2)OC[C@@H]2CN(c4ccc(C#N)c5ncccc45)C[C@H](C)N2C3)CC1. The largest absolute Gasteiger partial charge is 0.491 e. The Kier molecular flexibility index (Phi) is 6.39. The van der Waals surface area contributed by atoms with Gasteiger partial charge in [-0.15, -0.1) is 0 Å². The molecule has 37 heavy (non-hydrogen) atoms. The zero-order valence-corrected chi connectivity index (χ0v) is 22.1. The minimum atomic E-state index is 0.288. The molecule has 3 aromatic rings. The van der Waals surface area contributed by atoms with E-state index >= 15 is 0 Å². The molecule has 0 spiro atoms. The number of piperazine rings is 2. The van der Waals surface area contributed by atoms with Crippen LogP contribution >= 0.6 is 0 Å². The average Bonchev–Trinajstić information content (AvgIpc) is 3.12. The summed E-state index contributed by atoms with van der Waals surface area (Å²) in [4.78, 5) is 14.6. The van der Waals surface area contributed by atoms with E-state index in [0.717, 1.165) is 68.2 Å². The highest BCUT2D eigenvalue weighted by atomic mass is 16.5. The Balaban J connectivity index is 1.21. The second-order valence-corrected chi connectivity index (χ2v) is 10.9. The number of rotatable bonds is 3. The van der Waals surface area contributed by atoms with Gasteiger partial charge in [0.1, 0.15) is 18.4 Å². The molecule has 3 aliphatic rings. The fourth-order valence-electron chi connectivity index (χ4n) is 6.26. The molecule has 0 N–H and O–H groups in total. The lowest BCUT2D eigenvalue weighted by Crippen LogP contribution is -2.58.